The molecule has 2 N–H and O–H groups in total. The summed E-state index contributed by atoms with van der Waals surface area (Å²) in [7, 11) is 0. The Bertz CT molecular complexity index is 581. The van der Waals surface area contributed by atoms with Crippen molar-refractivity contribution in [2.45, 2.75) is 50.9 Å². The molecule has 0 saturated heterocycles. The third kappa shape index (κ3) is 7.34. The van der Waals surface area contributed by atoms with Gasteiger partial charge in [0.2, 0.25) is 0 Å². The maximum atomic E-state index is 11.7. The molecule has 0 spiro atoms. The summed E-state index contributed by atoms with van der Waals surface area (Å²) in [5.74, 6) is 0.584. The lowest BCUT2D eigenvalue weighted by atomic mass is 10.1. The van der Waals surface area contributed by atoms with Gasteiger partial charge in [-0.15, -0.1) is 24.0 Å². The summed E-state index contributed by atoms with van der Waals surface area (Å²) in [5.41, 5.74) is 1.65. The molecule has 0 aliphatic heterocycles. The first kappa shape index (κ1) is 23.1. The van der Waals surface area contributed by atoms with Crippen LogP contribution in [0.25, 0.3) is 0 Å². The topological polar surface area (TPSA) is 62.7 Å². The van der Waals surface area contributed by atoms with Crippen molar-refractivity contribution in [2.24, 2.45) is 4.99 Å². The number of ether oxygens (including phenoxy) is 1. The fourth-order valence-corrected chi connectivity index (χ4v) is 3.73. The number of carbonyl (C=O) groups is 1. The van der Waals surface area contributed by atoms with Gasteiger partial charge in [-0.05, 0) is 57.1 Å². The van der Waals surface area contributed by atoms with Crippen LogP contribution in [0.4, 0.5) is 0 Å². The number of guanidine groups is 1. The van der Waals surface area contributed by atoms with Crippen LogP contribution in [0.3, 0.4) is 0 Å². The molecule has 26 heavy (non-hydrogen) atoms. The molecule has 2 rings (SSSR count). The van der Waals surface area contributed by atoms with E-state index in [1.54, 1.807) is 12.1 Å². The number of benzene rings is 1. The van der Waals surface area contributed by atoms with Crippen LogP contribution in [0.5, 0.6) is 0 Å². The molecular weight excluding hydrogens is 461 g/mol. The molecule has 1 aromatic carbocycles. The van der Waals surface area contributed by atoms with Crippen LogP contribution in [0.15, 0.2) is 29.3 Å². The van der Waals surface area contributed by atoms with Crippen LogP contribution in [-0.4, -0.2) is 42.6 Å². The number of aliphatic imine (C=N–C) groups is 1. The monoisotopic (exact) mass is 491 g/mol. The number of halogens is 1. The Kier molecular flexibility index (Phi) is 11.0. The first-order valence-corrected chi connectivity index (χ1v) is 10.3. The van der Waals surface area contributed by atoms with E-state index in [1.807, 2.05) is 30.8 Å². The molecule has 146 valence electrons. The van der Waals surface area contributed by atoms with Crippen LogP contribution in [0.1, 0.15) is 49.0 Å². The molecule has 5 nitrogen and oxygen atoms in total. The molecule has 1 aliphatic rings. The molecular formula is C19H30IN3O2S. The van der Waals surface area contributed by atoms with Crippen LogP contribution < -0.4 is 10.6 Å². The molecule has 1 aliphatic carbocycles. The minimum Gasteiger partial charge on any atom is -0.462 e. The number of rotatable bonds is 7. The highest BCUT2D eigenvalue weighted by Crippen LogP contribution is 2.28. The van der Waals surface area contributed by atoms with E-state index in [0.717, 1.165) is 23.3 Å². The molecule has 0 aromatic heterocycles. The number of hydrogen-bond acceptors (Lipinski definition) is 4. The summed E-state index contributed by atoms with van der Waals surface area (Å²) in [6, 6.07) is 7.95. The highest BCUT2D eigenvalue weighted by molar-refractivity contribution is 14.0. The summed E-state index contributed by atoms with van der Waals surface area (Å²) < 4.78 is 5.00. The second kappa shape index (κ2) is 12.4. The zero-order valence-corrected chi connectivity index (χ0v) is 18.9. The van der Waals surface area contributed by atoms with E-state index < -0.39 is 0 Å². The van der Waals surface area contributed by atoms with E-state index in [2.05, 4.69) is 28.8 Å². The quantitative estimate of drug-likeness (QED) is 0.263. The SMILES string of the molecule is CCNC(=NCc1ccc(C(=O)OCC)cc1)NC1CCC(SC)C1.I. The largest absolute Gasteiger partial charge is 0.462 e. The second-order valence-electron chi connectivity index (χ2n) is 6.12. The summed E-state index contributed by atoms with van der Waals surface area (Å²) in [5, 5.41) is 7.63. The molecule has 7 heteroatoms. The van der Waals surface area contributed by atoms with E-state index in [-0.39, 0.29) is 29.9 Å². The Labute approximate surface area is 178 Å². The van der Waals surface area contributed by atoms with E-state index >= 15 is 0 Å². The lowest BCUT2D eigenvalue weighted by Gasteiger charge is -2.17. The zero-order valence-electron chi connectivity index (χ0n) is 15.8. The van der Waals surface area contributed by atoms with Crippen LogP contribution in [0.2, 0.25) is 0 Å². The molecule has 2 unspecified atom stereocenters. The highest BCUT2D eigenvalue weighted by atomic mass is 127. The average Bonchev–Trinajstić information content (AvgIpc) is 3.08. The molecule has 1 aromatic rings. The van der Waals surface area contributed by atoms with Crippen molar-refractivity contribution in [1.29, 1.82) is 0 Å². The molecule has 0 heterocycles. The molecule has 0 bridgehead atoms. The number of nitrogens with zero attached hydrogens (tertiary/aromatic N) is 1. The molecule has 2 atom stereocenters. The van der Waals surface area contributed by atoms with E-state index in [4.69, 9.17) is 4.74 Å². The Morgan fingerprint density at radius 1 is 1.27 bits per heavy atom. The summed E-state index contributed by atoms with van der Waals surface area (Å²) in [6.45, 7) is 5.69. The van der Waals surface area contributed by atoms with Gasteiger partial charge in [0.05, 0.1) is 18.7 Å². The summed E-state index contributed by atoms with van der Waals surface area (Å²) >= 11 is 1.96. The van der Waals surface area contributed by atoms with E-state index in [1.165, 1.54) is 19.3 Å². The van der Waals surface area contributed by atoms with Crippen molar-refractivity contribution in [3.05, 3.63) is 35.4 Å². The third-order valence-corrected chi connectivity index (χ3v) is 5.38. The van der Waals surface area contributed by atoms with Crippen LogP contribution in [-0.2, 0) is 11.3 Å². The van der Waals surface area contributed by atoms with Gasteiger partial charge in [-0.1, -0.05) is 12.1 Å². The van der Waals surface area contributed by atoms with Gasteiger partial charge in [0, 0.05) is 17.8 Å². The zero-order chi connectivity index (χ0) is 18.1. The fourth-order valence-electron chi connectivity index (χ4n) is 2.93. The predicted octanol–water partition coefficient (Wildman–Crippen LogP) is 3.82. The first-order valence-electron chi connectivity index (χ1n) is 9.00. The van der Waals surface area contributed by atoms with Crippen molar-refractivity contribution >= 4 is 47.7 Å². The predicted molar refractivity (Wildman–Crippen MR) is 121 cm³/mol. The van der Waals surface area contributed by atoms with E-state index in [9.17, 15) is 4.79 Å². The van der Waals surface area contributed by atoms with Crippen molar-refractivity contribution < 1.29 is 9.53 Å². The Morgan fingerprint density at radius 2 is 2.00 bits per heavy atom. The van der Waals surface area contributed by atoms with Crippen molar-refractivity contribution in [3.8, 4) is 0 Å². The Hall–Kier alpha value is -0.960. The van der Waals surface area contributed by atoms with Crippen molar-refractivity contribution in [2.75, 3.05) is 19.4 Å². The molecule has 0 radical (unpaired) electrons. The van der Waals surface area contributed by atoms with Crippen LogP contribution >= 0.6 is 35.7 Å². The van der Waals surface area contributed by atoms with Gasteiger partial charge < -0.3 is 15.4 Å². The summed E-state index contributed by atoms with van der Waals surface area (Å²) in [6.07, 6.45) is 5.85. The second-order valence-corrected chi connectivity index (χ2v) is 7.26. The standard InChI is InChI=1S/C19H29N3O2S.HI/c1-4-20-19(22-16-10-11-17(12-16)25-3)21-13-14-6-8-15(9-7-14)18(23)24-5-2;/h6-9,16-17H,4-5,10-13H2,1-3H3,(H2,20,21,22);1H. The van der Waals surface area contributed by atoms with Crippen molar-refractivity contribution in [1.82, 2.24) is 10.6 Å². The maximum Gasteiger partial charge on any atom is 0.338 e. The van der Waals surface area contributed by atoms with Gasteiger partial charge in [0.15, 0.2) is 5.96 Å². The van der Waals surface area contributed by atoms with Gasteiger partial charge in [-0.25, -0.2) is 9.79 Å². The number of hydrogen-bond donors (Lipinski definition) is 2. The lowest BCUT2D eigenvalue weighted by molar-refractivity contribution is 0.0526. The first-order chi connectivity index (χ1) is 12.2. The third-order valence-electron chi connectivity index (χ3n) is 4.29. The molecule has 0 amide bonds. The average molecular weight is 491 g/mol. The number of esters is 1. The Balaban J connectivity index is 0.00000338. The van der Waals surface area contributed by atoms with Crippen molar-refractivity contribution in [3.63, 3.8) is 0 Å². The van der Waals surface area contributed by atoms with E-state index in [0.29, 0.717) is 24.8 Å². The number of thioether (sulfide) groups is 1. The van der Waals surface area contributed by atoms with Gasteiger partial charge >= 0.3 is 5.97 Å². The number of carbonyl (C=O) groups excluding carboxylic acids is 1. The fraction of sp³-hybridized carbons (Fsp3) is 0.579. The minimum atomic E-state index is -0.280. The normalized spacial score (nSPS) is 19.6. The maximum absolute atomic E-state index is 11.7. The van der Waals surface area contributed by atoms with Gasteiger partial charge in [0.25, 0.3) is 0 Å². The van der Waals surface area contributed by atoms with Crippen LogP contribution in [0, 0.1) is 0 Å². The highest BCUT2D eigenvalue weighted by Gasteiger charge is 2.24. The minimum absolute atomic E-state index is 0. The smallest absolute Gasteiger partial charge is 0.338 e. The molecule has 1 fully saturated rings. The number of nitrogens with one attached hydrogen (secondary N) is 2. The van der Waals surface area contributed by atoms with Gasteiger partial charge in [-0.3, -0.25) is 0 Å². The lowest BCUT2D eigenvalue weighted by Crippen LogP contribution is -2.42. The summed E-state index contributed by atoms with van der Waals surface area (Å²) in [4.78, 5) is 16.4. The molecule has 1 saturated carbocycles. The Morgan fingerprint density at radius 3 is 2.58 bits per heavy atom. The van der Waals surface area contributed by atoms with Gasteiger partial charge in [0.1, 0.15) is 0 Å². The van der Waals surface area contributed by atoms with Gasteiger partial charge in [-0.2, -0.15) is 11.8 Å².